The molecule has 0 saturated carbocycles. The van der Waals surface area contributed by atoms with Crippen LogP contribution in [-0.4, -0.2) is 23.0 Å². The highest BCUT2D eigenvalue weighted by Crippen LogP contribution is 2.23. The summed E-state index contributed by atoms with van der Waals surface area (Å²) >= 11 is 11.8. The molecular formula is C22H18Cl2N2O4. The predicted molar refractivity (Wildman–Crippen MR) is 115 cm³/mol. The monoisotopic (exact) mass is 444 g/mol. The Hall–Kier alpha value is -3.09. The molecular weight excluding hydrogens is 427 g/mol. The molecule has 154 valence electrons. The molecule has 0 aliphatic heterocycles. The Morgan fingerprint density at radius 2 is 1.77 bits per heavy atom. The molecule has 30 heavy (non-hydrogen) atoms. The summed E-state index contributed by atoms with van der Waals surface area (Å²) in [5, 5.41) is 3.03. The molecule has 1 amide bonds. The van der Waals surface area contributed by atoms with Crippen molar-refractivity contribution in [2.24, 2.45) is 0 Å². The van der Waals surface area contributed by atoms with E-state index < -0.39 is 18.0 Å². The number of benzene rings is 2. The fraction of sp³-hybridized carbons (Fsp3) is 0.136. The summed E-state index contributed by atoms with van der Waals surface area (Å²) < 4.78 is 11.0. The number of halogens is 2. The molecule has 0 saturated heterocycles. The maximum Gasteiger partial charge on any atom is 0.339 e. The molecule has 2 aromatic carbocycles. The molecule has 0 fully saturated rings. The van der Waals surface area contributed by atoms with Crippen molar-refractivity contribution < 1.29 is 19.1 Å². The number of para-hydroxylation sites is 1. The molecule has 3 rings (SSSR count). The lowest BCUT2D eigenvalue weighted by Crippen LogP contribution is -2.30. The van der Waals surface area contributed by atoms with Gasteiger partial charge in [0.2, 0.25) is 0 Å². The lowest BCUT2D eigenvalue weighted by molar-refractivity contribution is -0.123. The lowest BCUT2D eigenvalue weighted by Gasteiger charge is -2.15. The van der Waals surface area contributed by atoms with Crippen LogP contribution in [0.1, 0.15) is 22.8 Å². The third kappa shape index (κ3) is 5.72. The molecule has 1 N–H and O–H groups in total. The number of carbonyl (C=O) groups excluding carboxylic acids is 2. The second kappa shape index (κ2) is 10.1. The van der Waals surface area contributed by atoms with Gasteiger partial charge in [-0.2, -0.15) is 0 Å². The van der Waals surface area contributed by atoms with E-state index in [-0.39, 0.29) is 17.4 Å². The van der Waals surface area contributed by atoms with Crippen LogP contribution in [-0.2, 0) is 16.1 Å². The third-order valence-corrected chi connectivity index (χ3v) is 4.57. The Labute approximate surface area is 183 Å². The summed E-state index contributed by atoms with van der Waals surface area (Å²) in [6, 6.07) is 17.6. The first-order valence-electron chi connectivity index (χ1n) is 9.02. The number of aromatic nitrogens is 1. The van der Waals surface area contributed by atoms with Gasteiger partial charge in [-0.25, -0.2) is 9.78 Å². The average Bonchev–Trinajstić information content (AvgIpc) is 2.75. The van der Waals surface area contributed by atoms with Gasteiger partial charge in [-0.3, -0.25) is 4.79 Å². The molecule has 8 heteroatoms. The minimum Gasteiger partial charge on any atom is -0.489 e. The average molecular weight is 445 g/mol. The topological polar surface area (TPSA) is 77.5 Å². The summed E-state index contributed by atoms with van der Waals surface area (Å²) in [6.07, 6.45) is 0.275. The maximum absolute atomic E-state index is 12.6. The molecule has 1 unspecified atom stereocenters. The minimum absolute atomic E-state index is 0.130. The SMILES string of the molecule is CC(OC(=O)c1ccccc1COc1ccccc1)C(=O)Nc1ncc(Cl)cc1Cl. The zero-order valence-electron chi connectivity index (χ0n) is 16.0. The molecule has 0 aliphatic carbocycles. The molecule has 0 radical (unpaired) electrons. The number of amides is 1. The number of esters is 1. The van der Waals surface area contributed by atoms with Crippen LogP contribution in [0.25, 0.3) is 0 Å². The number of hydrogen-bond acceptors (Lipinski definition) is 5. The van der Waals surface area contributed by atoms with Crippen molar-refractivity contribution in [1.82, 2.24) is 4.98 Å². The normalized spacial score (nSPS) is 11.4. The van der Waals surface area contributed by atoms with Crippen LogP contribution in [0, 0.1) is 0 Å². The van der Waals surface area contributed by atoms with Crippen molar-refractivity contribution in [3.05, 3.63) is 88.0 Å². The van der Waals surface area contributed by atoms with Crippen LogP contribution in [0.2, 0.25) is 10.0 Å². The summed E-state index contributed by atoms with van der Waals surface area (Å²) in [6.45, 7) is 1.64. The van der Waals surface area contributed by atoms with Gasteiger partial charge in [0.15, 0.2) is 11.9 Å². The largest absolute Gasteiger partial charge is 0.489 e. The zero-order valence-corrected chi connectivity index (χ0v) is 17.5. The van der Waals surface area contributed by atoms with Crippen molar-refractivity contribution in [2.45, 2.75) is 19.6 Å². The number of hydrogen-bond donors (Lipinski definition) is 1. The Kier molecular flexibility index (Phi) is 7.27. The van der Waals surface area contributed by atoms with Crippen LogP contribution in [0.4, 0.5) is 5.82 Å². The molecule has 1 aromatic heterocycles. The minimum atomic E-state index is -1.07. The predicted octanol–water partition coefficient (Wildman–Crippen LogP) is 5.15. The van der Waals surface area contributed by atoms with E-state index in [1.165, 1.54) is 19.2 Å². The van der Waals surface area contributed by atoms with Crippen molar-refractivity contribution in [3.63, 3.8) is 0 Å². The summed E-state index contributed by atoms with van der Waals surface area (Å²) in [5.74, 6) is -0.399. The molecule has 3 aromatic rings. The van der Waals surface area contributed by atoms with Gasteiger partial charge in [0.1, 0.15) is 12.4 Å². The number of anilines is 1. The summed E-state index contributed by atoms with van der Waals surface area (Å²) in [5.41, 5.74) is 0.956. The first-order chi connectivity index (χ1) is 14.4. The first-order valence-corrected chi connectivity index (χ1v) is 9.78. The van der Waals surface area contributed by atoms with Crippen LogP contribution in [0.15, 0.2) is 66.9 Å². The van der Waals surface area contributed by atoms with Gasteiger partial charge in [-0.1, -0.05) is 59.6 Å². The Balaban J connectivity index is 1.64. The van der Waals surface area contributed by atoms with E-state index in [4.69, 9.17) is 32.7 Å². The van der Waals surface area contributed by atoms with Crippen LogP contribution >= 0.6 is 23.2 Å². The smallest absolute Gasteiger partial charge is 0.339 e. The van der Waals surface area contributed by atoms with Gasteiger partial charge in [-0.05, 0) is 31.2 Å². The van der Waals surface area contributed by atoms with Gasteiger partial charge in [0.05, 0.1) is 15.6 Å². The van der Waals surface area contributed by atoms with Crippen molar-refractivity contribution >= 4 is 40.9 Å². The standard InChI is InChI=1S/C22H18Cl2N2O4/c1-14(21(27)26-20-19(24)11-16(23)12-25-20)30-22(28)18-10-6-5-7-15(18)13-29-17-8-3-2-4-9-17/h2-12,14H,13H2,1H3,(H,25,26,27). The Bertz CT molecular complexity index is 1040. The second-order valence-electron chi connectivity index (χ2n) is 6.28. The van der Waals surface area contributed by atoms with Crippen LogP contribution in [0.5, 0.6) is 5.75 Å². The summed E-state index contributed by atoms with van der Waals surface area (Å²) in [7, 11) is 0. The Morgan fingerprint density at radius 3 is 2.50 bits per heavy atom. The zero-order chi connectivity index (χ0) is 21.5. The van der Waals surface area contributed by atoms with Crippen molar-refractivity contribution in [3.8, 4) is 5.75 Å². The van der Waals surface area contributed by atoms with Crippen molar-refractivity contribution in [1.29, 1.82) is 0 Å². The molecule has 1 heterocycles. The summed E-state index contributed by atoms with van der Waals surface area (Å²) in [4.78, 5) is 29.0. The van der Waals surface area contributed by atoms with Crippen molar-refractivity contribution in [2.75, 3.05) is 5.32 Å². The highest BCUT2D eigenvalue weighted by molar-refractivity contribution is 6.36. The maximum atomic E-state index is 12.6. The number of pyridine rings is 1. The quantitative estimate of drug-likeness (QED) is 0.509. The number of nitrogens with one attached hydrogen (secondary N) is 1. The van der Waals surface area contributed by atoms with Gasteiger partial charge in [0, 0.05) is 11.8 Å². The van der Waals surface area contributed by atoms with Gasteiger partial charge in [0.25, 0.3) is 5.91 Å². The van der Waals surface area contributed by atoms with E-state index in [1.807, 2.05) is 30.3 Å². The lowest BCUT2D eigenvalue weighted by atomic mass is 10.1. The van der Waals surface area contributed by atoms with Gasteiger partial charge < -0.3 is 14.8 Å². The van der Waals surface area contributed by atoms with E-state index in [0.29, 0.717) is 21.9 Å². The van der Waals surface area contributed by atoms with Gasteiger partial charge >= 0.3 is 5.97 Å². The first kappa shape index (κ1) is 21.6. The fourth-order valence-electron chi connectivity index (χ4n) is 2.53. The molecule has 0 spiro atoms. The van der Waals surface area contributed by atoms with E-state index >= 15 is 0 Å². The highest BCUT2D eigenvalue weighted by atomic mass is 35.5. The van der Waals surface area contributed by atoms with E-state index in [9.17, 15) is 9.59 Å². The molecule has 6 nitrogen and oxygen atoms in total. The number of nitrogens with zero attached hydrogens (tertiary/aromatic N) is 1. The number of ether oxygens (including phenoxy) is 2. The Morgan fingerprint density at radius 1 is 1.07 bits per heavy atom. The molecule has 0 aliphatic rings. The number of carbonyl (C=O) groups is 2. The van der Waals surface area contributed by atoms with E-state index in [2.05, 4.69) is 10.3 Å². The fourth-order valence-corrected chi connectivity index (χ4v) is 2.95. The van der Waals surface area contributed by atoms with Crippen LogP contribution in [0.3, 0.4) is 0 Å². The molecule has 1 atom stereocenters. The van der Waals surface area contributed by atoms with E-state index in [0.717, 1.165) is 0 Å². The second-order valence-corrected chi connectivity index (χ2v) is 7.12. The third-order valence-electron chi connectivity index (χ3n) is 4.08. The highest BCUT2D eigenvalue weighted by Gasteiger charge is 2.22. The van der Waals surface area contributed by atoms with Gasteiger partial charge in [-0.15, -0.1) is 0 Å². The number of rotatable bonds is 7. The van der Waals surface area contributed by atoms with Crippen LogP contribution < -0.4 is 10.1 Å². The molecule has 0 bridgehead atoms. The van der Waals surface area contributed by atoms with E-state index in [1.54, 1.807) is 24.3 Å².